The molecule has 8 heteroatoms. The zero-order chi connectivity index (χ0) is 19.0. The molecule has 0 radical (unpaired) electrons. The quantitative estimate of drug-likeness (QED) is 0.542. The molecule has 27 heavy (non-hydrogen) atoms. The normalized spacial score (nSPS) is 11.9. The van der Waals surface area contributed by atoms with Gasteiger partial charge < -0.3 is 9.47 Å². The van der Waals surface area contributed by atoms with E-state index in [0.29, 0.717) is 32.4 Å². The Morgan fingerprint density at radius 3 is 2.56 bits per heavy atom. The Hall–Kier alpha value is -3.26. The van der Waals surface area contributed by atoms with Crippen LogP contribution in [0.2, 0.25) is 0 Å². The van der Waals surface area contributed by atoms with Crippen molar-refractivity contribution in [1.29, 1.82) is 0 Å². The van der Waals surface area contributed by atoms with Crippen LogP contribution in [-0.4, -0.2) is 28.8 Å². The summed E-state index contributed by atoms with van der Waals surface area (Å²) in [6, 6.07) is 11.2. The largest absolute Gasteiger partial charge is 0.497 e. The van der Waals surface area contributed by atoms with E-state index in [4.69, 9.17) is 9.47 Å². The van der Waals surface area contributed by atoms with Crippen LogP contribution in [0, 0.1) is 5.82 Å². The van der Waals surface area contributed by atoms with Gasteiger partial charge in [-0.2, -0.15) is 9.50 Å². The summed E-state index contributed by atoms with van der Waals surface area (Å²) in [5, 5.41) is 4.26. The second-order valence-corrected chi connectivity index (χ2v) is 6.67. The molecule has 6 nitrogen and oxygen atoms in total. The molecule has 0 aliphatic heterocycles. The highest BCUT2D eigenvalue weighted by Crippen LogP contribution is 2.24. The first kappa shape index (κ1) is 17.2. The number of ether oxygens (including phenoxy) is 2. The average molecular weight is 383 g/mol. The summed E-state index contributed by atoms with van der Waals surface area (Å²) in [4.78, 5) is 17.5. The van der Waals surface area contributed by atoms with E-state index in [0.717, 1.165) is 5.56 Å². The molecule has 0 N–H and O–H groups in total. The fraction of sp³-hybridized carbons (Fsp3) is 0.105. The number of hydrogen-bond acceptors (Lipinski definition) is 6. The van der Waals surface area contributed by atoms with E-state index in [9.17, 15) is 9.18 Å². The summed E-state index contributed by atoms with van der Waals surface area (Å²) in [5.74, 6) is 1.33. The van der Waals surface area contributed by atoms with Crippen molar-refractivity contribution in [3.63, 3.8) is 0 Å². The molecule has 4 aromatic rings. The van der Waals surface area contributed by atoms with E-state index in [1.54, 1.807) is 50.6 Å². The maximum absolute atomic E-state index is 13.1. The number of rotatable bonds is 4. The molecule has 2 aromatic heterocycles. The highest BCUT2D eigenvalue weighted by Gasteiger charge is 2.13. The highest BCUT2D eigenvalue weighted by molar-refractivity contribution is 7.15. The number of halogens is 1. The molecular formula is C19H14FN3O3S. The lowest BCUT2D eigenvalue weighted by Gasteiger charge is -2.06. The molecule has 0 atom stereocenters. The Morgan fingerprint density at radius 2 is 1.89 bits per heavy atom. The van der Waals surface area contributed by atoms with Crippen LogP contribution in [-0.2, 0) is 0 Å². The minimum Gasteiger partial charge on any atom is -0.497 e. The molecule has 0 aliphatic rings. The van der Waals surface area contributed by atoms with Gasteiger partial charge in [0.2, 0.25) is 4.96 Å². The molecule has 0 fully saturated rings. The molecular weight excluding hydrogens is 369 g/mol. The van der Waals surface area contributed by atoms with E-state index >= 15 is 0 Å². The van der Waals surface area contributed by atoms with Crippen molar-refractivity contribution in [2.45, 2.75) is 0 Å². The first-order valence-electron chi connectivity index (χ1n) is 7.98. The van der Waals surface area contributed by atoms with Gasteiger partial charge in [-0.3, -0.25) is 4.79 Å². The number of thiazole rings is 1. The Kier molecular flexibility index (Phi) is 4.33. The second kappa shape index (κ2) is 6.81. The third-order valence-electron chi connectivity index (χ3n) is 4.01. The molecule has 2 heterocycles. The second-order valence-electron chi connectivity index (χ2n) is 5.66. The first-order chi connectivity index (χ1) is 13.1. The lowest BCUT2D eigenvalue weighted by atomic mass is 10.2. The molecule has 0 aliphatic carbocycles. The van der Waals surface area contributed by atoms with Crippen LogP contribution in [0.15, 0.2) is 47.3 Å². The van der Waals surface area contributed by atoms with E-state index in [1.165, 1.54) is 28.0 Å². The van der Waals surface area contributed by atoms with Gasteiger partial charge in [0.05, 0.1) is 18.8 Å². The third kappa shape index (κ3) is 3.15. The molecule has 2 aromatic carbocycles. The molecule has 0 unspecified atom stereocenters. The fourth-order valence-electron chi connectivity index (χ4n) is 2.65. The average Bonchev–Trinajstić information content (AvgIpc) is 3.22. The maximum Gasteiger partial charge on any atom is 0.291 e. The van der Waals surface area contributed by atoms with Crippen molar-refractivity contribution in [3.05, 3.63) is 68.7 Å². The topological polar surface area (TPSA) is 65.7 Å². The lowest BCUT2D eigenvalue weighted by molar-refractivity contribution is 0.402. The van der Waals surface area contributed by atoms with Crippen LogP contribution in [0.3, 0.4) is 0 Å². The number of fused-ring (bicyclic) bond motifs is 1. The van der Waals surface area contributed by atoms with E-state index in [2.05, 4.69) is 10.1 Å². The van der Waals surface area contributed by atoms with E-state index in [1.807, 2.05) is 0 Å². The molecule has 136 valence electrons. The molecule has 4 rings (SSSR count). The van der Waals surface area contributed by atoms with Gasteiger partial charge in [0.15, 0.2) is 5.82 Å². The summed E-state index contributed by atoms with van der Waals surface area (Å²) < 4.78 is 25.4. The van der Waals surface area contributed by atoms with Crippen LogP contribution >= 0.6 is 11.3 Å². The molecule has 0 amide bonds. The van der Waals surface area contributed by atoms with Gasteiger partial charge in [-0.15, -0.1) is 5.10 Å². The highest BCUT2D eigenvalue weighted by atomic mass is 32.1. The summed E-state index contributed by atoms with van der Waals surface area (Å²) >= 11 is 1.22. The minimum absolute atomic E-state index is 0.277. The first-order valence-corrected chi connectivity index (χ1v) is 8.80. The van der Waals surface area contributed by atoms with Gasteiger partial charge in [0.25, 0.3) is 5.56 Å². The van der Waals surface area contributed by atoms with E-state index < -0.39 is 0 Å². The lowest BCUT2D eigenvalue weighted by Crippen LogP contribution is -2.23. The minimum atomic E-state index is -0.339. The van der Waals surface area contributed by atoms with Crippen molar-refractivity contribution in [2.24, 2.45) is 0 Å². The number of methoxy groups -OCH3 is 2. The van der Waals surface area contributed by atoms with E-state index in [-0.39, 0.29) is 11.4 Å². The van der Waals surface area contributed by atoms with Crippen molar-refractivity contribution < 1.29 is 13.9 Å². The SMILES string of the molecule is COc1ccc(OC)c(C=c2sc3nc(-c4ccc(F)cc4)nn3c2=O)c1. The summed E-state index contributed by atoms with van der Waals surface area (Å²) in [7, 11) is 3.14. The molecule has 0 spiro atoms. The monoisotopic (exact) mass is 383 g/mol. The predicted molar refractivity (Wildman–Crippen MR) is 101 cm³/mol. The van der Waals surface area contributed by atoms with Gasteiger partial charge in [0.1, 0.15) is 17.3 Å². The number of benzene rings is 2. The van der Waals surface area contributed by atoms with Crippen molar-refractivity contribution >= 4 is 22.4 Å². The van der Waals surface area contributed by atoms with Gasteiger partial charge >= 0.3 is 0 Å². The molecule has 0 bridgehead atoms. The van der Waals surface area contributed by atoms with Gasteiger partial charge in [-0.05, 0) is 48.5 Å². The summed E-state index contributed by atoms with van der Waals surface area (Å²) in [6.45, 7) is 0. The standard InChI is InChI=1S/C19H14FN3O3S/c1-25-14-7-8-15(26-2)12(9-14)10-16-18(24)23-19(27-16)21-17(22-23)11-3-5-13(20)6-4-11/h3-10H,1-2H3. The van der Waals surface area contributed by atoms with Crippen molar-refractivity contribution in [2.75, 3.05) is 14.2 Å². The maximum atomic E-state index is 13.1. The molecule has 0 saturated heterocycles. The Bertz CT molecular complexity index is 1230. The summed E-state index contributed by atoms with van der Waals surface area (Å²) in [6.07, 6.45) is 1.72. The smallest absolute Gasteiger partial charge is 0.291 e. The van der Waals surface area contributed by atoms with Crippen LogP contribution in [0.4, 0.5) is 4.39 Å². The van der Waals surface area contributed by atoms with Crippen molar-refractivity contribution in [3.8, 4) is 22.9 Å². The zero-order valence-electron chi connectivity index (χ0n) is 14.5. The van der Waals surface area contributed by atoms with Crippen molar-refractivity contribution in [1.82, 2.24) is 14.6 Å². The number of aromatic nitrogens is 3. The van der Waals surface area contributed by atoms with Crippen LogP contribution < -0.4 is 19.6 Å². The fourth-order valence-corrected chi connectivity index (χ4v) is 3.55. The Morgan fingerprint density at radius 1 is 1.11 bits per heavy atom. The Labute approximate surface area is 157 Å². The Balaban J connectivity index is 1.81. The van der Waals surface area contributed by atoms with Crippen LogP contribution in [0.5, 0.6) is 11.5 Å². The zero-order valence-corrected chi connectivity index (χ0v) is 15.3. The predicted octanol–water partition coefficient (Wildman–Crippen LogP) is 2.52. The summed E-state index contributed by atoms with van der Waals surface area (Å²) in [5.41, 5.74) is 1.09. The van der Waals surface area contributed by atoms with Crippen LogP contribution in [0.1, 0.15) is 5.56 Å². The molecule has 0 saturated carbocycles. The third-order valence-corrected chi connectivity index (χ3v) is 4.97. The van der Waals surface area contributed by atoms with Crippen LogP contribution in [0.25, 0.3) is 22.4 Å². The van der Waals surface area contributed by atoms with Gasteiger partial charge in [-0.1, -0.05) is 11.3 Å². The number of nitrogens with zero attached hydrogens (tertiary/aromatic N) is 3. The van der Waals surface area contributed by atoms with Gasteiger partial charge in [0, 0.05) is 11.1 Å². The number of hydrogen-bond donors (Lipinski definition) is 0. The van der Waals surface area contributed by atoms with Gasteiger partial charge in [-0.25, -0.2) is 4.39 Å².